The number of hydrogen-bond donors (Lipinski definition) is 0. The summed E-state index contributed by atoms with van der Waals surface area (Å²) in [5.74, 6) is 0. The second-order valence-corrected chi connectivity index (χ2v) is 15.9. The molecule has 0 radical (unpaired) electrons. The number of benzene rings is 1. The first-order chi connectivity index (χ1) is 7.76. The van der Waals surface area contributed by atoms with Crippen LogP contribution in [-0.2, 0) is 0 Å². The fourth-order valence-corrected chi connectivity index (χ4v) is 9.39. The molecule has 2 heteroatoms. The van der Waals surface area contributed by atoms with Gasteiger partial charge in [0.1, 0.15) is 0 Å². The minimum atomic E-state index is -0.672. The predicted molar refractivity (Wildman–Crippen MR) is 79.1 cm³/mol. The quantitative estimate of drug-likeness (QED) is 0.697. The molecule has 0 unspecified atom stereocenters. The molecule has 0 aliphatic carbocycles. The summed E-state index contributed by atoms with van der Waals surface area (Å²) in [5.41, 5.74) is 0. The van der Waals surface area contributed by atoms with Gasteiger partial charge in [-0.3, -0.25) is 0 Å². The Labute approximate surface area is 110 Å². The van der Waals surface area contributed by atoms with Crippen molar-refractivity contribution in [2.45, 2.75) is 48.5 Å². The van der Waals surface area contributed by atoms with Gasteiger partial charge in [-0.15, -0.1) is 0 Å². The van der Waals surface area contributed by atoms with Crippen molar-refractivity contribution in [3.8, 4) is 0 Å². The summed E-state index contributed by atoms with van der Waals surface area (Å²) >= 11 is -1.34. The molecule has 1 aromatic carbocycles. The van der Waals surface area contributed by atoms with Crippen molar-refractivity contribution >= 4 is 38.0 Å². The standard InChI is InChI=1S/C14H24As2/c1-5-15(6-2)13-9-11-14(12-10-13)16(7-3)8-4/h9-12H,5-8H2,1-4H3. The van der Waals surface area contributed by atoms with Gasteiger partial charge in [0.25, 0.3) is 0 Å². The van der Waals surface area contributed by atoms with Crippen LogP contribution < -0.4 is 8.70 Å². The van der Waals surface area contributed by atoms with Gasteiger partial charge in [-0.25, -0.2) is 0 Å². The van der Waals surface area contributed by atoms with E-state index in [9.17, 15) is 0 Å². The Hall–Kier alpha value is 0.337. The van der Waals surface area contributed by atoms with Crippen LogP contribution in [0.3, 0.4) is 0 Å². The third-order valence-electron chi connectivity index (χ3n) is 3.11. The number of rotatable bonds is 6. The Morgan fingerprint density at radius 3 is 1.06 bits per heavy atom. The maximum absolute atomic E-state index is 2.44. The molecular formula is C14H24As2. The van der Waals surface area contributed by atoms with E-state index in [1.807, 2.05) is 0 Å². The first-order valence-corrected chi connectivity index (χ1v) is 13.5. The molecule has 0 aliphatic rings. The molecule has 0 saturated heterocycles. The summed E-state index contributed by atoms with van der Waals surface area (Å²) in [6, 6.07) is 9.76. The van der Waals surface area contributed by atoms with Crippen LogP contribution in [0.2, 0.25) is 20.8 Å². The second-order valence-electron chi connectivity index (χ2n) is 3.86. The van der Waals surface area contributed by atoms with Gasteiger partial charge < -0.3 is 0 Å². The predicted octanol–water partition coefficient (Wildman–Crippen LogP) is 3.17. The molecule has 0 nitrogen and oxygen atoms in total. The topological polar surface area (TPSA) is 0 Å². The van der Waals surface area contributed by atoms with Crippen molar-refractivity contribution in [2.75, 3.05) is 0 Å². The Bertz CT molecular complexity index is 253. The Morgan fingerprint density at radius 1 is 0.625 bits per heavy atom. The zero-order valence-corrected chi connectivity index (χ0v) is 14.8. The maximum atomic E-state index is 2.44. The van der Waals surface area contributed by atoms with E-state index < -0.39 is 29.3 Å². The van der Waals surface area contributed by atoms with Gasteiger partial charge in [0.2, 0.25) is 0 Å². The fourth-order valence-electron chi connectivity index (χ4n) is 2.05. The van der Waals surface area contributed by atoms with Crippen LogP contribution >= 0.6 is 0 Å². The van der Waals surface area contributed by atoms with Crippen LogP contribution in [0, 0.1) is 0 Å². The molecule has 0 saturated carbocycles. The van der Waals surface area contributed by atoms with E-state index in [0.29, 0.717) is 0 Å². The van der Waals surface area contributed by atoms with E-state index in [1.165, 1.54) is 20.8 Å². The third kappa shape index (κ3) is 3.68. The molecule has 1 rings (SSSR count). The van der Waals surface area contributed by atoms with Crippen LogP contribution in [0.4, 0.5) is 0 Å². The van der Waals surface area contributed by atoms with E-state index in [2.05, 4.69) is 52.0 Å². The zero-order chi connectivity index (χ0) is 12.0. The molecular weight excluding hydrogens is 318 g/mol. The van der Waals surface area contributed by atoms with Crippen LogP contribution in [0.15, 0.2) is 24.3 Å². The Balaban J connectivity index is 2.81. The average molecular weight is 342 g/mol. The fraction of sp³-hybridized carbons (Fsp3) is 0.571. The Kier molecular flexibility index (Phi) is 6.86. The first-order valence-electron chi connectivity index (χ1n) is 6.36. The molecule has 0 bridgehead atoms. The molecule has 0 aliphatic heterocycles. The minimum absolute atomic E-state index is 0.672. The van der Waals surface area contributed by atoms with Crippen molar-refractivity contribution in [2.24, 2.45) is 0 Å². The molecule has 0 heterocycles. The first kappa shape index (κ1) is 14.4. The average Bonchev–Trinajstić information content (AvgIpc) is 2.34. The molecule has 1 aromatic rings. The molecule has 90 valence electrons. The van der Waals surface area contributed by atoms with E-state index in [0.717, 1.165) is 0 Å². The molecule has 0 spiro atoms. The second kappa shape index (κ2) is 7.62. The molecule has 0 atom stereocenters. The monoisotopic (exact) mass is 342 g/mol. The molecule has 0 amide bonds. The van der Waals surface area contributed by atoms with E-state index in [1.54, 1.807) is 8.70 Å². The summed E-state index contributed by atoms with van der Waals surface area (Å²) < 4.78 is 3.37. The van der Waals surface area contributed by atoms with Crippen LogP contribution in [-0.4, -0.2) is 29.3 Å². The normalized spacial score (nSPS) is 11.4. The SMILES string of the molecule is CC[As](CC)c1ccc([As](CC)CC)cc1. The van der Waals surface area contributed by atoms with E-state index in [-0.39, 0.29) is 0 Å². The van der Waals surface area contributed by atoms with Gasteiger partial charge >= 0.3 is 111 Å². The summed E-state index contributed by atoms with van der Waals surface area (Å²) in [6.07, 6.45) is 0. The zero-order valence-electron chi connectivity index (χ0n) is 11.0. The molecule has 16 heavy (non-hydrogen) atoms. The number of hydrogen-bond acceptors (Lipinski definition) is 0. The molecule has 0 fully saturated rings. The van der Waals surface area contributed by atoms with Crippen LogP contribution in [0.25, 0.3) is 0 Å². The summed E-state index contributed by atoms with van der Waals surface area (Å²) in [4.78, 5) is 0. The van der Waals surface area contributed by atoms with Gasteiger partial charge in [0, 0.05) is 0 Å². The molecule has 0 aromatic heterocycles. The van der Waals surface area contributed by atoms with Gasteiger partial charge in [-0.05, 0) is 0 Å². The van der Waals surface area contributed by atoms with Crippen molar-refractivity contribution < 1.29 is 0 Å². The van der Waals surface area contributed by atoms with E-state index >= 15 is 0 Å². The summed E-state index contributed by atoms with van der Waals surface area (Å²) in [6.45, 7) is 9.42. The van der Waals surface area contributed by atoms with Gasteiger partial charge in [0.05, 0.1) is 0 Å². The van der Waals surface area contributed by atoms with Crippen molar-refractivity contribution in [1.29, 1.82) is 0 Å². The van der Waals surface area contributed by atoms with E-state index in [4.69, 9.17) is 0 Å². The Morgan fingerprint density at radius 2 is 0.875 bits per heavy atom. The molecule has 0 N–H and O–H groups in total. The van der Waals surface area contributed by atoms with Gasteiger partial charge in [-0.2, -0.15) is 0 Å². The van der Waals surface area contributed by atoms with Crippen molar-refractivity contribution in [1.82, 2.24) is 0 Å². The van der Waals surface area contributed by atoms with Gasteiger partial charge in [0.15, 0.2) is 0 Å². The van der Waals surface area contributed by atoms with Crippen molar-refractivity contribution in [3.05, 3.63) is 24.3 Å². The van der Waals surface area contributed by atoms with Gasteiger partial charge in [-0.1, -0.05) is 0 Å². The van der Waals surface area contributed by atoms with Crippen molar-refractivity contribution in [3.63, 3.8) is 0 Å². The summed E-state index contributed by atoms with van der Waals surface area (Å²) in [5, 5.41) is 5.63. The summed E-state index contributed by atoms with van der Waals surface area (Å²) in [7, 11) is 0. The third-order valence-corrected chi connectivity index (χ3v) is 13.8. The van der Waals surface area contributed by atoms with Crippen LogP contribution in [0.1, 0.15) is 27.7 Å². The van der Waals surface area contributed by atoms with Crippen LogP contribution in [0.5, 0.6) is 0 Å².